The largest absolute Gasteiger partial charge is 0.479 e. The van der Waals surface area contributed by atoms with Gasteiger partial charge in [-0.05, 0) is 18.8 Å². The van der Waals surface area contributed by atoms with Gasteiger partial charge in [-0.15, -0.1) is 0 Å². The first-order valence-corrected chi connectivity index (χ1v) is 4.04. The topological polar surface area (TPSA) is 77.8 Å². The Labute approximate surface area is 71.8 Å². The van der Waals surface area contributed by atoms with Gasteiger partial charge in [0.25, 0.3) is 0 Å². The Kier molecular flexibility index (Phi) is 4.85. The van der Waals surface area contributed by atoms with Crippen molar-refractivity contribution in [2.75, 3.05) is 0 Å². The fourth-order valence-electron chi connectivity index (χ4n) is 0.827. The van der Waals surface area contributed by atoms with Gasteiger partial charge in [-0.3, -0.25) is 0 Å². The van der Waals surface area contributed by atoms with Gasteiger partial charge >= 0.3 is 5.97 Å². The fourth-order valence-corrected chi connectivity index (χ4v) is 0.827. The van der Waals surface area contributed by atoms with E-state index in [0.29, 0.717) is 18.8 Å². The lowest BCUT2D eigenvalue weighted by Crippen LogP contribution is -2.33. The monoisotopic (exact) mass is 176 g/mol. The van der Waals surface area contributed by atoms with Crippen LogP contribution in [0.5, 0.6) is 0 Å². The third-order valence-corrected chi connectivity index (χ3v) is 1.66. The van der Waals surface area contributed by atoms with Crippen LogP contribution >= 0.6 is 0 Å². The Morgan fingerprint density at radius 3 is 2.08 bits per heavy atom. The van der Waals surface area contributed by atoms with Gasteiger partial charge in [-0.25, -0.2) is 4.79 Å². The summed E-state index contributed by atoms with van der Waals surface area (Å²) < 4.78 is 0. The van der Waals surface area contributed by atoms with Crippen molar-refractivity contribution < 1.29 is 20.1 Å². The highest BCUT2D eigenvalue weighted by Gasteiger charge is 2.22. The van der Waals surface area contributed by atoms with Gasteiger partial charge in [0, 0.05) is 0 Å². The lowest BCUT2D eigenvalue weighted by molar-refractivity contribution is -0.153. The number of hydrogen-bond donors (Lipinski definition) is 3. The van der Waals surface area contributed by atoms with Crippen molar-refractivity contribution >= 4 is 5.97 Å². The Balaban J connectivity index is 3.71. The number of carboxylic acid groups (broad SMARTS) is 1. The minimum atomic E-state index is -1.65. The maximum atomic E-state index is 10.2. The lowest BCUT2D eigenvalue weighted by Gasteiger charge is -2.14. The zero-order valence-electron chi connectivity index (χ0n) is 7.40. The third kappa shape index (κ3) is 4.31. The van der Waals surface area contributed by atoms with Crippen molar-refractivity contribution in [3.8, 4) is 0 Å². The third-order valence-electron chi connectivity index (χ3n) is 1.66. The number of hydrogen-bond acceptors (Lipinski definition) is 3. The number of aliphatic carboxylic acids is 1. The van der Waals surface area contributed by atoms with E-state index in [-0.39, 0.29) is 0 Å². The second kappa shape index (κ2) is 5.11. The first kappa shape index (κ1) is 11.4. The Bertz CT molecular complexity index is 144. The van der Waals surface area contributed by atoms with Crippen LogP contribution in [0.1, 0.15) is 26.7 Å². The molecule has 3 N–H and O–H groups in total. The average Bonchev–Trinajstić information content (AvgIpc) is 1.98. The highest BCUT2D eigenvalue weighted by atomic mass is 16.4. The van der Waals surface area contributed by atoms with Gasteiger partial charge in [0.2, 0.25) is 0 Å². The molecule has 0 aromatic rings. The van der Waals surface area contributed by atoms with Crippen LogP contribution in [0.4, 0.5) is 0 Å². The molecule has 2 unspecified atom stereocenters. The first-order valence-electron chi connectivity index (χ1n) is 4.04. The Hall–Kier alpha value is -0.610. The summed E-state index contributed by atoms with van der Waals surface area (Å²) in [7, 11) is 0. The summed E-state index contributed by atoms with van der Waals surface area (Å²) in [4.78, 5) is 10.2. The zero-order chi connectivity index (χ0) is 9.72. The summed E-state index contributed by atoms with van der Waals surface area (Å²) in [6.07, 6.45) is -1.76. The number of carboxylic acids is 1. The molecule has 0 aromatic heterocycles. The average molecular weight is 176 g/mol. The van der Waals surface area contributed by atoms with E-state index in [0.717, 1.165) is 0 Å². The van der Waals surface area contributed by atoms with Crippen LogP contribution in [0.3, 0.4) is 0 Å². The molecule has 4 heteroatoms. The van der Waals surface area contributed by atoms with Crippen molar-refractivity contribution in [2.24, 2.45) is 5.92 Å². The van der Waals surface area contributed by atoms with Crippen LogP contribution in [0.15, 0.2) is 0 Å². The maximum Gasteiger partial charge on any atom is 0.335 e. The molecule has 2 atom stereocenters. The van der Waals surface area contributed by atoms with E-state index in [2.05, 4.69) is 0 Å². The minimum absolute atomic E-state index is 0.325. The highest BCUT2D eigenvalue weighted by Crippen LogP contribution is 2.09. The number of aliphatic hydroxyl groups is 2. The molecular formula is C8H16O4. The molecular weight excluding hydrogens is 160 g/mol. The van der Waals surface area contributed by atoms with Crippen LogP contribution in [0.25, 0.3) is 0 Å². The summed E-state index contributed by atoms with van der Waals surface area (Å²) in [5, 5.41) is 26.3. The zero-order valence-corrected chi connectivity index (χ0v) is 7.40. The first-order chi connectivity index (χ1) is 5.45. The van der Waals surface area contributed by atoms with E-state index in [1.165, 1.54) is 0 Å². The smallest absolute Gasteiger partial charge is 0.335 e. The molecule has 0 saturated carbocycles. The molecule has 72 valence electrons. The molecule has 0 aliphatic carbocycles. The lowest BCUT2D eigenvalue weighted by atomic mass is 10.0. The molecule has 4 nitrogen and oxygen atoms in total. The van der Waals surface area contributed by atoms with E-state index in [1.54, 1.807) is 0 Å². The normalized spacial score (nSPS) is 16.1. The molecule has 0 rings (SSSR count). The predicted molar refractivity (Wildman–Crippen MR) is 43.7 cm³/mol. The van der Waals surface area contributed by atoms with Crippen molar-refractivity contribution in [2.45, 2.75) is 38.9 Å². The fraction of sp³-hybridized carbons (Fsp3) is 0.875. The van der Waals surface area contributed by atoms with Crippen LogP contribution in [-0.4, -0.2) is 33.5 Å². The molecule has 0 heterocycles. The van der Waals surface area contributed by atoms with E-state index >= 15 is 0 Å². The molecule has 12 heavy (non-hydrogen) atoms. The Morgan fingerprint density at radius 1 is 1.25 bits per heavy atom. The van der Waals surface area contributed by atoms with E-state index in [4.69, 9.17) is 15.3 Å². The van der Waals surface area contributed by atoms with Crippen LogP contribution in [-0.2, 0) is 4.79 Å². The molecule has 0 fully saturated rings. The van der Waals surface area contributed by atoms with Crippen LogP contribution < -0.4 is 0 Å². The molecule has 0 amide bonds. The van der Waals surface area contributed by atoms with E-state index in [9.17, 15) is 4.79 Å². The molecule has 0 aliphatic heterocycles. The van der Waals surface area contributed by atoms with Crippen molar-refractivity contribution in [1.29, 1.82) is 0 Å². The van der Waals surface area contributed by atoms with Gasteiger partial charge in [-0.2, -0.15) is 0 Å². The quantitative estimate of drug-likeness (QED) is 0.560. The maximum absolute atomic E-state index is 10.2. The van der Waals surface area contributed by atoms with Gasteiger partial charge in [0.05, 0.1) is 6.10 Å². The van der Waals surface area contributed by atoms with Gasteiger partial charge in [-0.1, -0.05) is 13.8 Å². The molecule has 0 radical (unpaired) electrons. The van der Waals surface area contributed by atoms with E-state index < -0.39 is 18.2 Å². The van der Waals surface area contributed by atoms with Crippen molar-refractivity contribution in [3.63, 3.8) is 0 Å². The summed E-state index contributed by atoms with van der Waals surface area (Å²) in [5.41, 5.74) is 0. The number of aliphatic hydroxyl groups excluding tert-OH is 2. The van der Waals surface area contributed by atoms with Gasteiger partial charge in [0.1, 0.15) is 0 Å². The second-order valence-electron chi connectivity index (χ2n) is 3.32. The van der Waals surface area contributed by atoms with Crippen LogP contribution in [0, 0.1) is 5.92 Å². The molecule has 0 spiro atoms. The summed E-state index contributed by atoms with van der Waals surface area (Å²) >= 11 is 0. The standard InChI is InChI=1S/C8H16O4/c1-5(2)3-4-6(9)7(10)8(11)12/h5-7,9-10H,3-4H2,1-2H3,(H,11,12). The number of carbonyl (C=O) groups is 1. The predicted octanol–water partition coefficient (Wildman–Crippen LogP) is 0.229. The van der Waals surface area contributed by atoms with Gasteiger partial charge < -0.3 is 15.3 Å². The van der Waals surface area contributed by atoms with Crippen molar-refractivity contribution in [1.82, 2.24) is 0 Å². The Morgan fingerprint density at radius 2 is 1.75 bits per heavy atom. The SMILES string of the molecule is CC(C)CCC(O)C(O)C(=O)O. The second-order valence-corrected chi connectivity index (χ2v) is 3.32. The minimum Gasteiger partial charge on any atom is -0.479 e. The highest BCUT2D eigenvalue weighted by molar-refractivity contribution is 5.72. The van der Waals surface area contributed by atoms with Crippen molar-refractivity contribution in [3.05, 3.63) is 0 Å². The summed E-state index contributed by atoms with van der Waals surface area (Å²) in [6.45, 7) is 3.94. The molecule has 0 saturated heterocycles. The molecule has 0 aromatic carbocycles. The van der Waals surface area contributed by atoms with Gasteiger partial charge in [0.15, 0.2) is 6.10 Å². The molecule has 0 bridgehead atoms. The summed E-state index contributed by atoms with van der Waals surface area (Å²) in [6, 6.07) is 0. The van der Waals surface area contributed by atoms with Crippen LogP contribution in [0.2, 0.25) is 0 Å². The summed E-state index contributed by atoms with van der Waals surface area (Å²) in [5.74, 6) is -0.966. The molecule has 0 aliphatic rings. The van der Waals surface area contributed by atoms with E-state index in [1.807, 2.05) is 13.8 Å². The number of rotatable bonds is 5.